The molecule has 2 N–H and O–H groups in total. The number of para-hydroxylation sites is 2. The third kappa shape index (κ3) is 5.09. The molecule has 2 aliphatic heterocycles. The summed E-state index contributed by atoms with van der Waals surface area (Å²) in [6.07, 6.45) is -0.0315. The van der Waals surface area contributed by atoms with Crippen molar-refractivity contribution in [2.75, 3.05) is 44.7 Å². The number of rotatable bonds is 5. The van der Waals surface area contributed by atoms with Crippen LogP contribution in [-0.2, 0) is 9.59 Å². The standard InChI is InChI=1S/C25H29N5O4S/c1-28(33)23(31)19-15-18(34-25-27-20-9-5-6-10-21(20)35-25)16-26-22(19)24(32)30-13-11-29(12-14-30)17-7-3-2-4-8-17/h2-10,18-19,22,26,33H,11-16H2,1H3/t18-,19-,22-/m0/s1. The van der Waals surface area contributed by atoms with Gasteiger partial charge < -0.3 is 19.9 Å². The Morgan fingerprint density at radius 2 is 1.80 bits per heavy atom. The second-order valence-corrected chi connectivity index (χ2v) is 9.92. The van der Waals surface area contributed by atoms with Gasteiger partial charge in [0, 0.05) is 45.5 Å². The Hall–Kier alpha value is -3.21. The number of piperidine rings is 1. The molecule has 10 heteroatoms. The summed E-state index contributed by atoms with van der Waals surface area (Å²) >= 11 is 1.45. The van der Waals surface area contributed by atoms with Crippen molar-refractivity contribution < 1.29 is 19.5 Å². The third-order valence-corrected chi connectivity index (χ3v) is 7.57. The Balaban J connectivity index is 1.25. The number of amides is 2. The normalized spacial score (nSPS) is 22.7. The lowest BCUT2D eigenvalue weighted by atomic mass is 9.87. The number of carbonyl (C=O) groups is 2. The number of anilines is 1. The molecule has 0 unspecified atom stereocenters. The predicted molar refractivity (Wildman–Crippen MR) is 134 cm³/mol. The van der Waals surface area contributed by atoms with Gasteiger partial charge in [0.05, 0.1) is 22.2 Å². The fourth-order valence-electron chi connectivity index (χ4n) is 4.80. The van der Waals surface area contributed by atoms with Gasteiger partial charge in [-0.1, -0.05) is 41.7 Å². The van der Waals surface area contributed by atoms with Crippen LogP contribution in [0.3, 0.4) is 0 Å². The van der Waals surface area contributed by atoms with Crippen LogP contribution in [0.15, 0.2) is 54.6 Å². The van der Waals surface area contributed by atoms with Gasteiger partial charge in [0.25, 0.3) is 11.1 Å². The Morgan fingerprint density at radius 3 is 2.51 bits per heavy atom. The first kappa shape index (κ1) is 23.5. The zero-order valence-electron chi connectivity index (χ0n) is 19.5. The highest BCUT2D eigenvalue weighted by atomic mass is 32.1. The zero-order valence-corrected chi connectivity index (χ0v) is 20.4. The van der Waals surface area contributed by atoms with Gasteiger partial charge in [-0.3, -0.25) is 14.8 Å². The van der Waals surface area contributed by atoms with Crippen LogP contribution in [0.5, 0.6) is 5.19 Å². The second-order valence-electron chi connectivity index (χ2n) is 8.93. The summed E-state index contributed by atoms with van der Waals surface area (Å²) in [5.74, 6) is -1.36. The summed E-state index contributed by atoms with van der Waals surface area (Å²) in [7, 11) is 1.29. The van der Waals surface area contributed by atoms with E-state index in [1.807, 2.05) is 47.4 Å². The van der Waals surface area contributed by atoms with Gasteiger partial charge in [-0.25, -0.2) is 10.0 Å². The van der Waals surface area contributed by atoms with Crippen molar-refractivity contribution in [1.29, 1.82) is 0 Å². The van der Waals surface area contributed by atoms with E-state index in [-0.39, 0.29) is 12.0 Å². The summed E-state index contributed by atoms with van der Waals surface area (Å²) in [5, 5.41) is 14.2. The lowest BCUT2D eigenvalue weighted by molar-refractivity contribution is -0.169. The van der Waals surface area contributed by atoms with Crippen molar-refractivity contribution in [3.63, 3.8) is 0 Å². The fraction of sp³-hybridized carbons (Fsp3) is 0.400. The van der Waals surface area contributed by atoms with Crippen LogP contribution in [0.2, 0.25) is 0 Å². The minimum atomic E-state index is -0.738. The first-order valence-corrected chi connectivity index (χ1v) is 12.6. The monoisotopic (exact) mass is 495 g/mol. The smallest absolute Gasteiger partial charge is 0.274 e. The molecule has 0 saturated carbocycles. The van der Waals surface area contributed by atoms with E-state index in [0.29, 0.717) is 36.3 Å². The molecule has 3 atom stereocenters. The third-order valence-electron chi connectivity index (χ3n) is 6.64. The molecular formula is C25H29N5O4S. The first-order valence-electron chi connectivity index (χ1n) is 11.8. The highest BCUT2D eigenvalue weighted by Crippen LogP contribution is 2.30. The molecule has 0 bridgehead atoms. The molecule has 35 heavy (non-hydrogen) atoms. The number of nitrogens with one attached hydrogen (secondary N) is 1. The van der Waals surface area contributed by atoms with Gasteiger partial charge in [0.1, 0.15) is 6.10 Å². The maximum Gasteiger partial charge on any atom is 0.274 e. The fourth-order valence-corrected chi connectivity index (χ4v) is 5.68. The Kier molecular flexibility index (Phi) is 6.85. The summed E-state index contributed by atoms with van der Waals surface area (Å²) in [4.78, 5) is 34.9. The van der Waals surface area contributed by atoms with Gasteiger partial charge in [0.2, 0.25) is 5.91 Å². The molecular weight excluding hydrogens is 466 g/mol. The lowest BCUT2D eigenvalue weighted by Crippen LogP contribution is -2.62. The molecule has 2 fully saturated rings. The number of ether oxygens (including phenoxy) is 1. The lowest BCUT2D eigenvalue weighted by Gasteiger charge is -2.41. The molecule has 3 heterocycles. The van der Waals surface area contributed by atoms with E-state index < -0.39 is 17.9 Å². The van der Waals surface area contributed by atoms with Crippen LogP contribution in [0, 0.1) is 5.92 Å². The maximum atomic E-state index is 13.5. The number of benzene rings is 2. The van der Waals surface area contributed by atoms with Gasteiger partial charge >= 0.3 is 0 Å². The Morgan fingerprint density at radius 1 is 1.09 bits per heavy atom. The summed E-state index contributed by atoms with van der Waals surface area (Å²) < 4.78 is 7.12. The number of hydroxylamine groups is 2. The van der Waals surface area contributed by atoms with E-state index in [4.69, 9.17) is 4.74 Å². The molecule has 0 radical (unpaired) electrons. The molecule has 3 aromatic rings. The number of nitrogens with zero attached hydrogens (tertiary/aromatic N) is 4. The molecule has 2 aromatic carbocycles. The molecule has 0 spiro atoms. The van der Waals surface area contributed by atoms with Gasteiger partial charge in [-0.2, -0.15) is 0 Å². The van der Waals surface area contributed by atoms with Crippen LogP contribution < -0.4 is 15.0 Å². The van der Waals surface area contributed by atoms with E-state index in [0.717, 1.165) is 29.0 Å². The van der Waals surface area contributed by atoms with E-state index in [1.54, 1.807) is 0 Å². The number of hydrogen-bond acceptors (Lipinski definition) is 8. The van der Waals surface area contributed by atoms with Crippen molar-refractivity contribution >= 4 is 39.1 Å². The van der Waals surface area contributed by atoms with Crippen molar-refractivity contribution in [1.82, 2.24) is 20.3 Å². The number of aromatic nitrogens is 1. The highest BCUT2D eigenvalue weighted by molar-refractivity contribution is 7.20. The number of fused-ring (bicyclic) bond motifs is 1. The van der Waals surface area contributed by atoms with Crippen molar-refractivity contribution in [3.05, 3.63) is 54.6 Å². The van der Waals surface area contributed by atoms with E-state index in [1.165, 1.54) is 18.4 Å². The maximum absolute atomic E-state index is 13.5. The van der Waals surface area contributed by atoms with E-state index in [9.17, 15) is 14.8 Å². The average molecular weight is 496 g/mol. The van der Waals surface area contributed by atoms with Crippen LogP contribution in [-0.4, -0.2) is 83.9 Å². The van der Waals surface area contributed by atoms with Crippen LogP contribution in [0.1, 0.15) is 6.42 Å². The summed E-state index contributed by atoms with van der Waals surface area (Å²) in [5.41, 5.74) is 2.00. The minimum absolute atomic E-state index is 0.114. The quantitative estimate of drug-likeness (QED) is 0.414. The predicted octanol–water partition coefficient (Wildman–Crippen LogP) is 2.22. The van der Waals surface area contributed by atoms with E-state index in [2.05, 4.69) is 27.3 Å². The second kappa shape index (κ2) is 10.2. The first-order chi connectivity index (χ1) is 17.0. The number of thiazole rings is 1. The molecule has 2 amide bonds. The topological polar surface area (TPSA) is 98.2 Å². The van der Waals surface area contributed by atoms with Gasteiger partial charge in [-0.05, 0) is 30.7 Å². The van der Waals surface area contributed by atoms with Gasteiger partial charge in [-0.15, -0.1) is 0 Å². The van der Waals surface area contributed by atoms with Crippen molar-refractivity contribution in [2.24, 2.45) is 5.92 Å². The molecule has 0 aliphatic carbocycles. The van der Waals surface area contributed by atoms with Crippen molar-refractivity contribution in [3.8, 4) is 5.19 Å². The molecule has 2 saturated heterocycles. The number of hydrogen-bond donors (Lipinski definition) is 2. The zero-order chi connectivity index (χ0) is 24.4. The number of piperazine rings is 1. The van der Waals surface area contributed by atoms with Crippen LogP contribution in [0.25, 0.3) is 10.2 Å². The highest BCUT2D eigenvalue weighted by Gasteiger charge is 2.43. The SMILES string of the molecule is CN(O)C(=O)[C@H]1C[C@H](Oc2nc3ccccc3s2)CN[C@@H]1C(=O)N1CCN(c2ccccc2)CC1. The Labute approximate surface area is 207 Å². The van der Waals surface area contributed by atoms with Crippen molar-refractivity contribution in [2.45, 2.75) is 18.6 Å². The van der Waals surface area contributed by atoms with Crippen LogP contribution in [0.4, 0.5) is 5.69 Å². The van der Waals surface area contributed by atoms with E-state index >= 15 is 0 Å². The molecule has 5 rings (SSSR count). The largest absolute Gasteiger partial charge is 0.465 e. The number of carbonyl (C=O) groups excluding carboxylic acids is 2. The Bertz CT molecular complexity index is 1150. The molecule has 2 aliphatic rings. The molecule has 184 valence electrons. The molecule has 1 aromatic heterocycles. The van der Waals surface area contributed by atoms with Gasteiger partial charge in [0.15, 0.2) is 0 Å². The van der Waals surface area contributed by atoms with Crippen LogP contribution >= 0.6 is 11.3 Å². The molecule has 9 nitrogen and oxygen atoms in total. The summed E-state index contributed by atoms with van der Waals surface area (Å²) in [6, 6.07) is 17.2. The minimum Gasteiger partial charge on any atom is -0.465 e. The average Bonchev–Trinajstić information content (AvgIpc) is 3.30. The summed E-state index contributed by atoms with van der Waals surface area (Å²) in [6.45, 7) is 3.02.